The largest absolute Gasteiger partial charge is 0.497 e. The fourth-order valence-corrected chi connectivity index (χ4v) is 3.90. The molecule has 0 fully saturated rings. The second kappa shape index (κ2) is 8.97. The van der Waals surface area contributed by atoms with Crippen LogP contribution in [0.1, 0.15) is 20.7 Å². The number of hydrogen-bond acceptors (Lipinski definition) is 7. The minimum absolute atomic E-state index is 0.315. The molecule has 31 heavy (non-hydrogen) atoms. The van der Waals surface area contributed by atoms with E-state index in [1.807, 2.05) is 41.8 Å². The smallest absolute Gasteiger partial charge is 0.339 e. The summed E-state index contributed by atoms with van der Waals surface area (Å²) < 4.78 is 15.8. The molecule has 4 aromatic rings. The van der Waals surface area contributed by atoms with Gasteiger partial charge in [-0.15, -0.1) is 11.3 Å². The van der Waals surface area contributed by atoms with Crippen LogP contribution in [0.3, 0.4) is 0 Å². The number of ether oxygens (including phenoxy) is 3. The first-order valence-corrected chi connectivity index (χ1v) is 10.3. The minimum Gasteiger partial charge on any atom is -0.497 e. The van der Waals surface area contributed by atoms with E-state index >= 15 is 0 Å². The highest BCUT2D eigenvalue weighted by Gasteiger charge is 2.19. The number of para-hydroxylation sites is 1. The lowest BCUT2D eigenvalue weighted by Gasteiger charge is -2.11. The van der Waals surface area contributed by atoms with Crippen LogP contribution in [-0.2, 0) is 4.74 Å². The molecule has 0 radical (unpaired) electrons. The van der Waals surface area contributed by atoms with Crippen molar-refractivity contribution in [3.63, 3.8) is 0 Å². The Morgan fingerprint density at radius 2 is 1.77 bits per heavy atom. The first-order chi connectivity index (χ1) is 15.1. The Kier molecular flexibility index (Phi) is 5.95. The number of fused-ring (bicyclic) bond motifs is 1. The highest BCUT2D eigenvalue weighted by atomic mass is 32.1. The van der Waals surface area contributed by atoms with Crippen molar-refractivity contribution < 1.29 is 23.8 Å². The number of pyridine rings is 1. The van der Waals surface area contributed by atoms with E-state index in [4.69, 9.17) is 14.2 Å². The van der Waals surface area contributed by atoms with Crippen molar-refractivity contribution in [1.82, 2.24) is 4.98 Å². The molecule has 0 bridgehead atoms. The molecule has 0 spiro atoms. The Morgan fingerprint density at radius 3 is 2.52 bits per heavy atom. The number of benzene rings is 2. The number of rotatable bonds is 7. The van der Waals surface area contributed by atoms with Crippen molar-refractivity contribution >= 4 is 34.0 Å². The van der Waals surface area contributed by atoms with Gasteiger partial charge in [-0.05, 0) is 35.7 Å². The molecule has 0 aliphatic heterocycles. The third kappa shape index (κ3) is 4.27. The molecule has 6 nitrogen and oxygen atoms in total. The van der Waals surface area contributed by atoms with E-state index in [0.29, 0.717) is 39.2 Å². The van der Waals surface area contributed by atoms with Gasteiger partial charge in [-0.25, -0.2) is 9.78 Å². The third-order valence-corrected chi connectivity index (χ3v) is 5.65. The Morgan fingerprint density at radius 1 is 0.935 bits per heavy atom. The summed E-state index contributed by atoms with van der Waals surface area (Å²) in [7, 11) is 2.99. The van der Waals surface area contributed by atoms with Crippen LogP contribution in [0.15, 0.2) is 66.0 Å². The van der Waals surface area contributed by atoms with Gasteiger partial charge >= 0.3 is 5.97 Å². The Labute approximate surface area is 183 Å². The maximum Gasteiger partial charge on any atom is 0.339 e. The molecule has 2 aromatic carbocycles. The summed E-state index contributed by atoms with van der Waals surface area (Å²) in [6.07, 6.45) is 0. The number of methoxy groups -OCH3 is 2. The number of aromatic nitrogens is 1. The van der Waals surface area contributed by atoms with Crippen LogP contribution in [0, 0.1) is 0 Å². The lowest BCUT2D eigenvalue weighted by atomic mass is 10.1. The van der Waals surface area contributed by atoms with Crippen LogP contribution < -0.4 is 9.47 Å². The number of nitrogens with zero attached hydrogens (tertiary/aromatic N) is 1. The van der Waals surface area contributed by atoms with Gasteiger partial charge in [0.25, 0.3) is 0 Å². The van der Waals surface area contributed by atoms with Crippen LogP contribution in [0.2, 0.25) is 0 Å². The number of hydrogen-bond donors (Lipinski definition) is 0. The van der Waals surface area contributed by atoms with Gasteiger partial charge in [0, 0.05) is 11.5 Å². The van der Waals surface area contributed by atoms with Gasteiger partial charge in [0.1, 0.15) is 11.5 Å². The summed E-state index contributed by atoms with van der Waals surface area (Å²) in [6.45, 7) is -0.410. The van der Waals surface area contributed by atoms with Crippen LogP contribution >= 0.6 is 11.3 Å². The molecular weight excluding hydrogens is 414 g/mol. The Balaban J connectivity index is 1.60. The molecule has 0 amide bonds. The van der Waals surface area contributed by atoms with Crippen molar-refractivity contribution in [3.8, 4) is 22.1 Å². The van der Waals surface area contributed by atoms with Crippen molar-refractivity contribution in [2.45, 2.75) is 0 Å². The van der Waals surface area contributed by atoms with E-state index in [1.54, 1.807) is 24.3 Å². The fourth-order valence-electron chi connectivity index (χ4n) is 3.21. The number of ketones is 1. The number of carbonyl (C=O) groups is 2. The molecule has 7 heteroatoms. The van der Waals surface area contributed by atoms with E-state index in [1.165, 1.54) is 25.6 Å². The average molecular weight is 433 g/mol. The first-order valence-electron chi connectivity index (χ1n) is 9.46. The topological polar surface area (TPSA) is 74.7 Å². The van der Waals surface area contributed by atoms with E-state index in [2.05, 4.69) is 4.98 Å². The fraction of sp³-hybridized carbons (Fsp3) is 0.125. The van der Waals surface area contributed by atoms with Crippen LogP contribution in [0.5, 0.6) is 11.5 Å². The van der Waals surface area contributed by atoms with Crippen LogP contribution in [-0.4, -0.2) is 37.6 Å². The molecular formula is C24H19NO5S. The Hall–Kier alpha value is -3.71. The van der Waals surface area contributed by atoms with Crippen molar-refractivity contribution in [3.05, 3.63) is 77.2 Å². The maximum absolute atomic E-state index is 12.9. The van der Waals surface area contributed by atoms with E-state index in [9.17, 15) is 9.59 Å². The molecule has 0 aliphatic rings. The number of thiophene rings is 1. The lowest BCUT2D eigenvalue weighted by molar-refractivity contribution is 0.0476. The van der Waals surface area contributed by atoms with Gasteiger partial charge in [0.15, 0.2) is 6.61 Å². The molecule has 2 aromatic heterocycles. The number of esters is 1. The van der Waals surface area contributed by atoms with Gasteiger partial charge < -0.3 is 14.2 Å². The summed E-state index contributed by atoms with van der Waals surface area (Å²) in [5.41, 5.74) is 2.05. The molecule has 2 heterocycles. The normalized spacial score (nSPS) is 10.6. The van der Waals surface area contributed by atoms with E-state index < -0.39 is 12.6 Å². The summed E-state index contributed by atoms with van der Waals surface area (Å²) in [6, 6.07) is 17.8. The molecule has 4 rings (SSSR count). The van der Waals surface area contributed by atoms with Crippen molar-refractivity contribution in [2.24, 2.45) is 0 Å². The second-order valence-electron chi connectivity index (χ2n) is 6.62. The zero-order valence-electron chi connectivity index (χ0n) is 17.0. The van der Waals surface area contributed by atoms with Crippen molar-refractivity contribution in [2.75, 3.05) is 20.8 Å². The summed E-state index contributed by atoms with van der Waals surface area (Å²) in [4.78, 5) is 31.2. The molecule has 0 saturated carbocycles. The third-order valence-electron chi connectivity index (χ3n) is 4.75. The average Bonchev–Trinajstić information content (AvgIpc) is 3.36. The summed E-state index contributed by atoms with van der Waals surface area (Å²) >= 11 is 1.53. The van der Waals surface area contributed by atoms with Gasteiger partial charge in [-0.2, -0.15) is 0 Å². The predicted octanol–water partition coefficient (Wildman–Crippen LogP) is 5.02. The maximum atomic E-state index is 12.9. The standard InChI is InChI=1S/C24H19NO5S/c1-28-15-9-10-17(22(12-15)29-2)21(26)14-30-24(27)18-13-20(23-8-5-11-31-23)25-19-7-4-3-6-16(18)19/h3-13H,14H2,1-2H3. The molecule has 0 aliphatic carbocycles. The Bertz CT molecular complexity index is 1250. The van der Waals surface area contributed by atoms with Gasteiger partial charge in [0.2, 0.25) is 5.78 Å². The zero-order chi connectivity index (χ0) is 21.8. The number of carbonyl (C=O) groups excluding carboxylic acids is 2. The van der Waals surface area contributed by atoms with E-state index in [-0.39, 0.29) is 5.78 Å². The van der Waals surface area contributed by atoms with Crippen molar-refractivity contribution in [1.29, 1.82) is 0 Å². The molecule has 0 N–H and O–H groups in total. The van der Waals surface area contributed by atoms with Gasteiger partial charge in [-0.1, -0.05) is 24.3 Å². The first kappa shape index (κ1) is 20.6. The minimum atomic E-state index is -0.586. The van der Waals surface area contributed by atoms with E-state index in [0.717, 1.165) is 4.88 Å². The quantitative estimate of drug-likeness (QED) is 0.301. The zero-order valence-corrected chi connectivity index (χ0v) is 17.8. The molecule has 0 unspecified atom stereocenters. The predicted molar refractivity (Wildman–Crippen MR) is 119 cm³/mol. The molecule has 156 valence electrons. The SMILES string of the molecule is COc1ccc(C(=O)COC(=O)c2cc(-c3cccs3)nc3ccccc23)c(OC)c1. The number of Topliss-reactive ketones (excluding diaryl/α,β-unsaturated/α-hetero) is 1. The highest BCUT2D eigenvalue weighted by Crippen LogP contribution is 2.29. The summed E-state index contributed by atoms with van der Waals surface area (Å²) in [5.74, 6) is -0.0357. The van der Waals surface area contributed by atoms with Crippen LogP contribution in [0.4, 0.5) is 0 Å². The molecule has 0 saturated heterocycles. The highest BCUT2D eigenvalue weighted by molar-refractivity contribution is 7.13. The summed E-state index contributed by atoms with van der Waals surface area (Å²) in [5, 5.41) is 2.62. The molecule has 0 atom stereocenters. The van der Waals surface area contributed by atoms with Gasteiger partial charge in [0.05, 0.1) is 41.4 Å². The lowest BCUT2D eigenvalue weighted by Crippen LogP contribution is -2.15. The van der Waals surface area contributed by atoms with Gasteiger partial charge in [-0.3, -0.25) is 4.79 Å². The second-order valence-corrected chi connectivity index (χ2v) is 7.56. The monoisotopic (exact) mass is 433 g/mol. The van der Waals surface area contributed by atoms with Crippen LogP contribution in [0.25, 0.3) is 21.5 Å².